The molecule has 4 nitrogen and oxygen atoms in total. The number of rotatable bonds is 4. The van der Waals surface area contributed by atoms with E-state index >= 15 is 0 Å². The molecule has 2 unspecified atom stereocenters. The molecule has 1 aliphatic carbocycles. The van der Waals surface area contributed by atoms with Crippen LogP contribution in [0.1, 0.15) is 64.6 Å². The van der Waals surface area contributed by atoms with Crippen molar-refractivity contribution in [2.24, 2.45) is 17.6 Å². The van der Waals surface area contributed by atoms with Crippen LogP contribution in [0.4, 0.5) is 0 Å². The first kappa shape index (κ1) is 13.5. The van der Waals surface area contributed by atoms with Crippen LogP contribution in [0, 0.1) is 11.8 Å². The maximum Gasteiger partial charge on any atom is 0.226 e. The van der Waals surface area contributed by atoms with Gasteiger partial charge < -0.3 is 10.3 Å². The van der Waals surface area contributed by atoms with Gasteiger partial charge >= 0.3 is 0 Å². The van der Waals surface area contributed by atoms with E-state index < -0.39 is 0 Å². The lowest BCUT2D eigenvalue weighted by molar-refractivity contribution is 0.190. The average Bonchev–Trinajstić information content (AvgIpc) is 2.77. The summed E-state index contributed by atoms with van der Waals surface area (Å²) >= 11 is 0. The van der Waals surface area contributed by atoms with Gasteiger partial charge in [-0.15, -0.1) is 0 Å². The number of nitrogens with two attached hydrogens (primary N) is 1. The van der Waals surface area contributed by atoms with E-state index in [1.165, 1.54) is 19.3 Å². The Kier molecular flexibility index (Phi) is 4.05. The third kappa shape index (κ3) is 2.91. The summed E-state index contributed by atoms with van der Waals surface area (Å²) in [5, 5.41) is 4.08. The smallest absolute Gasteiger partial charge is 0.226 e. The quantitative estimate of drug-likeness (QED) is 0.893. The van der Waals surface area contributed by atoms with Crippen LogP contribution in [0.5, 0.6) is 0 Å². The molecule has 0 saturated heterocycles. The first-order valence-corrected chi connectivity index (χ1v) is 7.15. The molecule has 18 heavy (non-hydrogen) atoms. The number of nitrogens with zero attached hydrogens (tertiary/aromatic N) is 2. The van der Waals surface area contributed by atoms with Gasteiger partial charge in [-0.05, 0) is 31.1 Å². The predicted octanol–water partition coefficient (Wildman–Crippen LogP) is 3.02. The number of aromatic nitrogens is 2. The van der Waals surface area contributed by atoms with Gasteiger partial charge in [0.05, 0.1) is 5.54 Å². The molecule has 1 saturated carbocycles. The lowest BCUT2D eigenvalue weighted by Gasteiger charge is -2.36. The van der Waals surface area contributed by atoms with Crippen LogP contribution in [0.3, 0.4) is 0 Å². The third-order valence-corrected chi connectivity index (χ3v) is 3.91. The molecule has 0 amide bonds. The molecule has 0 aliphatic heterocycles. The summed E-state index contributed by atoms with van der Waals surface area (Å²) in [7, 11) is 0. The number of aryl methyl sites for hydroxylation is 1. The summed E-state index contributed by atoms with van der Waals surface area (Å²) < 4.78 is 5.21. The third-order valence-electron chi connectivity index (χ3n) is 3.91. The first-order chi connectivity index (χ1) is 8.53. The summed E-state index contributed by atoms with van der Waals surface area (Å²) in [6.07, 6.45) is 6.45. The van der Waals surface area contributed by atoms with Gasteiger partial charge in [0.2, 0.25) is 5.89 Å². The fraction of sp³-hybridized carbons (Fsp3) is 0.857. The van der Waals surface area contributed by atoms with Crippen molar-refractivity contribution >= 4 is 0 Å². The van der Waals surface area contributed by atoms with Crippen molar-refractivity contribution in [2.75, 3.05) is 0 Å². The van der Waals surface area contributed by atoms with Gasteiger partial charge in [-0.25, -0.2) is 0 Å². The van der Waals surface area contributed by atoms with Crippen molar-refractivity contribution in [2.45, 2.75) is 64.8 Å². The molecular formula is C14H25N3O. The molecule has 2 rings (SSSR count). The maximum atomic E-state index is 6.53. The van der Waals surface area contributed by atoms with Crippen LogP contribution < -0.4 is 5.73 Å². The zero-order valence-corrected chi connectivity index (χ0v) is 11.8. The van der Waals surface area contributed by atoms with Gasteiger partial charge in [-0.1, -0.05) is 38.8 Å². The summed E-state index contributed by atoms with van der Waals surface area (Å²) in [5.74, 6) is 2.84. The normalized spacial score (nSPS) is 28.8. The zero-order valence-electron chi connectivity index (χ0n) is 11.8. The van der Waals surface area contributed by atoms with E-state index in [1.54, 1.807) is 0 Å². The molecule has 0 aromatic carbocycles. The van der Waals surface area contributed by atoms with Gasteiger partial charge in [0, 0.05) is 6.42 Å². The van der Waals surface area contributed by atoms with Gasteiger partial charge in [0.1, 0.15) is 0 Å². The Morgan fingerprint density at radius 1 is 1.50 bits per heavy atom. The lowest BCUT2D eigenvalue weighted by atomic mass is 9.73. The molecule has 1 fully saturated rings. The molecule has 102 valence electrons. The van der Waals surface area contributed by atoms with Crippen LogP contribution in [0.15, 0.2) is 4.52 Å². The molecule has 2 N–H and O–H groups in total. The Morgan fingerprint density at radius 3 is 2.89 bits per heavy atom. The summed E-state index contributed by atoms with van der Waals surface area (Å²) in [6.45, 7) is 6.57. The standard InChI is InChI=1S/C14H25N3O/c1-4-12-16-13(17-18-12)14(15)7-5-6-11(9-14)8-10(2)3/h10-11H,4-9,15H2,1-3H3. The predicted molar refractivity (Wildman–Crippen MR) is 71.0 cm³/mol. The Hall–Kier alpha value is -0.900. The van der Waals surface area contributed by atoms with E-state index in [4.69, 9.17) is 10.3 Å². The molecule has 1 aliphatic rings. The minimum atomic E-state index is -0.366. The van der Waals surface area contributed by atoms with Crippen molar-refractivity contribution in [3.8, 4) is 0 Å². The molecule has 2 atom stereocenters. The SMILES string of the molecule is CCc1nc(C2(N)CCCC(CC(C)C)C2)no1. The molecule has 4 heteroatoms. The largest absolute Gasteiger partial charge is 0.339 e. The first-order valence-electron chi connectivity index (χ1n) is 7.15. The van der Waals surface area contributed by atoms with Gasteiger partial charge in [-0.2, -0.15) is 4.98 Å². The highest BCUT2D eigenvalue weighted by Gasteiger charge is 2.38. The second-order valence-corrected chi connectivity index (χ2v) is 6.11. The molecule has 0 radical (unpaired) electrons. The Balaban J connectivity index is 2.09. The Morgan fingerprint density at radius 2 is 2.28 bits per heavy atom. The van der Waals surface area contributed by atoms with Gasteiger partial charge in [-0.3, -0.25) is 0 Å². The summed E-state index contributed by atoms with van der Waals surface area (Å²) in [4.78, 5) is 4.43. The molecule has 0 bridgehead atoms. The number of hydrogen-bond acceptors (Lipinski definition) is 4. The van der Waals surface area contributed by atoms with Crippen LogP contribution in [0.2, 0.25) is 0 Å². The highest BCUT2D eigenvalue weighted by molar-refractivity contribution is 5.06. The minimum absolute atomic E-state index is 0.366. The summed E-state index contributed by atoms with van der Waals surface area (Å²) in [5.41, 5.74) is 6.16. The fourth-order valence-corrected chi connectivity index (χ4v) is 3.10. The fourth-order valence-electron chi connectivity index (χ4n) is 3.10. The minimum Gasteiger partial charge on any atom is -0.339 e. The van der Waals surface area contributed by atoms with Gasteiger partial charge in [0.25, 0.3) is 0 Å². The molecule has 1 heterocycles. The maximum absolute atomic E-state index is 6.53. The molecular weight excluding hydrogens is 226 g/mol. The van der Waals surface area contributed by atoms with E-state index in [0.29, 0.717) is 17.6 Å². The van der Waals surface area contributed by atoms with E-state index in [0.717, 1.165) is 25.2 Å². The second-order valence-electron chi connectivity index (χ2n) is 6.11. The van der Waals surface area contributed by atoms with E-state index in [9.17, 15) is 0 Å². The average molecular weight is 251 g/mol. The lowest BCUT2D eigenvalue weighted by Crippen LogP contribution is -2.42. The topological polar surface area (TPSA) is 64.9 Å². The second kappa shape index (κ2) is 5.39. The molecule has 1 aromatic rings. The van der Waals surface area contributed by atoms with Gasteiger partial charge in [0.15, 0.2) is 5.82 Å². The van der Waals surface area contributed by atoms with Crippen molar-refractivity contribution in [1.29, 1.82) is 0 Å². The highest BCUT2D eigenvalue weighted by atomic mass is 16.5. The summed E-state index contributed by atoms with van der Waals surface area (Å²) in [6, 6.07) is 0. The van der Waals surface area contributed by atoms with Crippen molar-refractivity contribution in [3.05, 3.63) is 11.7 Å². The van der Waals surface area contributed by atoms with Crippen molar-refractivity contribution in [1.82, 2.24) is 10.1 Å². The Labute approximate surface area is 109 Å². The van der Waals surface area contributed by atoms with Crippen LogP contribution in [-0.4, -0.2) is 10.1 Å². The van der Waals surface area contributed by atoms with Crippen LogP contribution in [0.25, 0.3) is 0 Å². The molecule has 1 aromatic heterocycles. The molecule has 0 spiro atoms. The number of hydrogen-bond donors (Lipinski definition) is 1. The van der Waals surface area contributed by atoms with Crippen molar-refractivity contribution < 1.29 is 4.52 Å². The van der Waals surface area contributed by atoms with Crippen LogP contribution >= 0.6 is 0 Å². The zero-order chi connectivity index (χ0) is 13.2. The van der Waals surface area contributed by atoms with Crippen LogP contribution in [-0.2, 0) is 12.0 Å². The van der Waals surface area contributed by atoms with E-state index in [2.05, 4.69) is 24.0 Å². The van der Waals surface area contributed by atoms with E-state index in [1.807, 2.05) is 6.92 Å². The van der Waals surface area contributed by atoms with Crippen molar-refractivity contribution in [3.63, 3.8) is 0 Å². The Bertz CT molecular complexity index is 388. The monoisotopic (exact) mass is 251 g/mol. The van der Waals surface area contributed by atoms with E-state index in [-0.39, 0.29) is 5.54 Å². The highest BCUT2D eigenvalue weighted by Crippen LogP contribution is 2.39.